The highest BCUT2D eigenvalue weighted by Crippen LogP contribution is 2.32. The predicted molar refractivity (Wildman–Crippen MR) is 90.2 cm³/mol. The first kappa shape index (κ1) is 22.5. The average molecular weight is 424 g/mol. The number of benzene rings is 1. The third-order valence-corrected chi connectivity index (χ3v) is 3.88. The van der Waals surface area contributed by atoms with E-state index >= 15 is 0 Å². The lowest BCUT2D eigenvalue weighted by atomic mass is 10.1. The number of nitrogens with two attached hydrogens (primary N) is 1. The van der Waals surface area contributed by atoms with Gasteiger partial charge in [0.25, 0.3) is 18.2 Å². The molecule has 0 aliphatic carbocycles. The molecule has 29 heavy (non-hydrogen) atoms. The van der Waals surface area contributed by atoms with Gasteiger partial charge in [-0.15, -0.1) is 0 Å². The number of rotatable bonds is 7. The summed E-state index contributed by atoms with van der Waals surface area (Å²) in [5.74, 6) is -3.20. The highest BCUT2D eigenvalue weighted by molar-refractivity contribution is 6.10. The molecule has 2 rings (SSSR count). The number of nitrogens with zero attached hydrogens (tertiary/aromatic N) is 1. The number of amides is 3. The fourth-order valence-electron chi connectivity index (χ4n) is 2.55. The van der Waals surface area contributed by atoms with Crippen LogP contribution in [0.15, 0.2) is 18.2 Å². The summed E-state index contributed by atoms with van der Waals surface area (Å²) in [6, 6.07) is 1.20. The van der Waals surface area contributed by atoms with Gasteiger partial charge in [0.2, 0.25) is 5.91 Å². The Labute approximate surface area is 161 Å². The van der Waals surface area contributed by atoms with Crippen LogP contribution in [-0.2, 0) is 19.1 Å². The number of carbonyl (C=O) groups is 3. The van der Waals surface area contributed by atoms with Gasteiger partial charge < -0.3 is 20.7 Å². The second-order valence-corrected chi connectivity index (χ2v) is 5.99. The molecule has 1 aliphatic rings. The van der Waals surface area contributed by atoms with Gasteiger partial charge in [-0.2, -0.15) is 13.2 Å². The smallest absolute Gasteiger partial charge is 0.370 e. The van der Waals surface area contributed by atoms with Gasteiger partial charge in [0.05, 0.1) is 13.2 Å². The number of hydrogen-bond donors (Lipinski definition) is 3. The lowest BCUT2D eigenvalue weighted by Gasteiger charge is -2.27. The summed E-state index contributed by atoms with van der Waals surface area (Å²) >= 11 is 0. The first-order valence-electron chi connectivity index (χ1n) is 8.20. The van der Waals surface area contributed by atoms with Gasteiger partial charge in [-0.1, -0.05) is 0 Å². The van der Waals surface area contributed by atoms with Crippen LogP contribution >= 0.6 is 0 Å². The van der Waals surface area contributed by atoms with E-state index in [9.17, 15) is 36.3 Å². The van der Waals surface area contributed by atoms with Gasteiger partial charge in [-0.05, 0) is 18.2 Å². The number of nitrogens with one attached hydrogen (secondary N) is 2. The first-order valence-corrected chi connectivity index (χ1v) is 8.20. The summed E-state index contributed by atoms with van der Waals surface area (Å²) in [6.45, 7) is -1.56. The molecule has 4 N–H and O–H groups in total. The van der Waals surface area contributed by atoms with Crippen molar-refractivity contribution in [2.45, 2.75) is 18.6 Å². The lowest BCUT2D eigenvalue weighted by molar-refractivity contribution is -0.135. The summed E-state index contributed by atoms with van der Waals surface area (Å²) in [5.41, 5.74) is 3.93. The maximum atomic E-state index is 13.5. The second kappa shape index (κ2) is 9.13. The minimum atomic E-state index is -4.73. The Bertz CT molecular complexity index is 787. The highest BCUT2D eigenvalue weighted by Gasteiger charge is 2.33. The third kappa shape index (κ3) is 6.09. The van der Waals surface area contributed by atoms with Crippen molar-refractivity contribution in [1.29, 1.82) is 0 Å². The number of halogens is 5. The van der Waals surface area contributed by atoms with E-state index in [1.165, 1.54) is 11.0 Å². The summed E-state index contributed by atoms with van der Waals surface area (Å²) in [4.78, 5) is 36.5. The minimum absolute atomic E-state index is 0.133. The first-order chi connectivity index (χ1) is 13.5. The van der Waals surface area contributed by atoms with Gasteiger partial charge in [-0.3, -0.25) is 19.7 Å². The number of carbonyl (C=O) groups excluding carboxylic acids is 3. The van der Waals surface area contributed by atoms with Gasteiger partial charge >= 0.3 is 6.18 Å². The predicted octanol–water partition coefficient (Wildman–Crippen LogP) is 0.932. The van der Waals surface area contributed by atoms with Crippen molar-refractivity contribution >= 4 is 29.1 Å². The van der Waals surface area contributed by atoms with Gasteiger partial charge in [0, 0.05) is 23.5 Å². The van der Waals surface area contributed by atoms with Crippen molar-refractivity contribution in [3.8, 4) is 0 Å². The Morgan fingerprint density at radius 3 is 2.52 bits per heavy atom. The molecule has 0 bridgehead atoms. The Hall–Kier alpha value is -2.80. The molecule has 0 saturated carbocycles. The van der Waals surface area contributed by atoms with Crippen LogP contribution in [0.5, 0.6) is 0 Å². The topological polar surface area (TPSA) is 114 Å². The molecule has 0 radical (unpaired) electrons. The number of morpholine rings is 1. The molecular weight excluding hydrogens is 407 g/mol. The summed E-state index contributed by atoms with van der Waals surface area (Å²) in [5, 5.41) is 3.60. The van der Waals surface area contributed by atoms with Crippen molar-refractivity contribution in [2.75, 3.05) is 36.5 Å². The molecule has 1 aromatic carbocycles. The fraction of sp³-hybridized carbons (Fsp3) is 0.438. The molecule has 1 atom stereocenters. The van der Waals surface area contributed by atoms with E-state index in [1.54, 1.807) is 5.32 Å². The Morgan fingerprint density at radius 2 is 1.97 bits per heavy atom. The van der Waals surface area contributed by atoms with E-state index in [-0.39, 0.29) is 25.4 Å². The van der Waals surface area contributed by atoms with Gasteiger partial charge in [0.15, 0.2) is 6.04 Å². The molecule has 1 aromatic rings. The standard InChI is InChI=1S/C16H17F5N4O4/c17-13(18)9-5-8(25-3-4-29-6-11(25)26)1-2-10(9)24-15(28)12(14(22)27)23-7-16(19,20)21/h1-2,5,12-13,23H,3-4,6-7H2,(H2,22,27)(H,24,28)/t12-/m0/s1. The molecule has 160 valence electrons. The molecule has 1 saturated heterocycles. The zero-order valence-electron chi connectivity index (χ0n) is 14.8. The van der Waals surface area contributed by atoms with Gasteiger partial charge in [0.1, 0.15) is 6.61 Å². The molecule has 8 nitrogen and oxygen atoms in total. The monoisotopic (exact) mass is 424 g/mol. The molecule has 3 amide bonds. The minimum Gasteiger partial charge on any atom is -0.370 e. The van der Waals surface area contributed by atoms with Crippen molar-refractivity contribution in [1.82, 2.24) is 5.32 Å². The third-order valence-electron chi connectivity index (χ3n) is 3.88. The molecule has 1 fully saturated rings. The van der Waals surface area contributed by atoms with Crippen LogP contribution in [-0.4, -0.2) is 56.2 Å². The zero-order valence-corrected chi connectivity index (χ0v) is 14.8. The molecule has 13 heteroatoms. The zero-order chi connectivity index (χ0) is 21.8. The Morgan fingerprint density at radius 1 is 1.28 bits per heavy atom. The summed E-state index contributed by atoms with van der Waals surface area (Å²) < 4.78 is 68.8. The normalized spacial score (nSPS) is 16.1. The average Bonchev–Trinajstić information content (AvgIpc) is 2.61. The van der Waals surface area contributed by atoms with Crippen molar-refractivity contribution in [2.24, 2.45) is 5.73 Å². The van der Waals surface area contributed by atoms with E-state index in [0.29, 0.717) is 0 Å². The molecule has 1 aliphatic heterocycles. The van der Waals surface area contributed by atoms with E-state index in [1.807, 2.05) is 5.32 Å². The second-order valence-electron chi connectivity index (χ2n) is 5.99. The summed E-state index contributed by atoms with van der Waals surface area (Å²) in [6.07, 6.45) is -7.81. The Balaban J connectivity index is 2.23. The quantitative estimate of drug-likeness (QED) is 0.445. The van der Waals surface area contributed by atoms with Crippen LogP contribution in [0.3, 0.4) is 0 Å². The maximum absolute atomic E-state index is 13.5. The molecule has 1 heterocycles. The number of alkyl halides is 5. The molecular formula is C16H17F5N4O4. The lowest BCUT2D eigenvalue weighted by Crippen LogP contribution is -2.52. The van der Waals surface area contributed by atoms with Crippen molar-refractivity contribution < 1.29 is 41.1 Å². The van der Waals surface area contributed by atoms with E-state index in [0.717, 1.165) is 12.1 Å². The number of hydrogen-bond acceptors (Lipinski definition) is 5. The maximum Gasteiger partial charge on any atom is 0.401 e. The van der Waals surface area contributed by atoms with Crippen molar-refractivity contribution in [3.05, 3.63) is 23.8 Å². The van der Waals surface area contributed by atoms with Crippen LogP contribution in [0.25, 0.3) is 0 Å². The highest BCUT2D eigenvalue weighted by atomic mass is 19.4. The van der Waals surface area contributed by atoms with Crippen LogP contribution < -0.4 is 21.3 Å². The van der Waals surface area contributed by atoms with E-state index in [2.05, 4.69) is 0 Å². The number of primary amides is 1. The number of ether oxygens (including phenoxy) is 1. The summed E-state index contributed by atoms with van der Waals surface area (Å²) in [7, 11) is 0. The van der Waals surface area contributed by atoms with E-state index in [4.69, 9.17) is 10.5 Å². The molecule has 0 aromatic heterocycles. The molecule has 0 unspecified atom stereocenters. The van der Waals surface area contributed by atoms with Crippen LogP contribution in [0.2, 0.25) is 0 Å². The van der Waals surface area contributed by atoms with Crippen LogP contribution in [0.4, 0.5) is 33.3 Å². The SMILES string of the molecule is NC(=O)[C@H](NCC(F)(F)F)C(=O)Nc1ccc(N2CCOCC2=O)cc1C(F)F. The van der Waals surface area contributed by atoms with Gasteiger partial charge in [-0.25, -0.2) is 8.78 Å². The Kier molecular flexibility index (Phi) is 7.08. The van der Waals surface area contributed by atoms with E-state index < -0.39 is 54.2 Å². The number of anilines is 2. The molecule has 0 spiro atoms. The fourth-order valence-corrected chi connectivity index (χ4v) is 2.55. The van der Waals surface area contributed by atoms with Crippen LogP contribution in [0, 0.1) is 0 Å². The van der Waals surface area contributed by atoms with Crippen LogP contribution in [0.1, 0.15) is 12.0 Å². The van der Waals surface area contributed by atoms with Crippen molar-refractivity contribution in [3.63, 3.8) is 0 Å². The largest absolute Gasteiger partial charge is 0.401 e.